The molecule has 3 heterocycles. The number of hydrogen-bond donors (Lipinski definition) is 2. The van der Waals surface area contributed by atoms with Crippen LogP contribution in [0.3, 0.4) is 0 Å². The van der Waals surface area contributed by atoms with E-state index in [1.165, 1.54) is 0 Å². The van der Waals surface area contributed by atoms with Crippen molar-refractivity contribution in [2.24, 2.45) is 0 Å². The largest absolute Gasteiger partial charge is 0.454 e. The van der Waals surface area contributed by atoms with Gasteiger partial charge in [0.05, 0.1) is 37.9 Å². The zero-order chi connectivity index (χ0) is 26.6. The van der Waals surface area contributed by atoms with E-state index in [1.807, 2.05) is 60.7 Å². The van der Waals surface area contributed by atoms with Crippen LogP contribution in [-0.2, 0) is 20.8 Å². The molecule has 0 aromatic heterocycles. The molecular formula is C31H34N2O6. The Morgan fingerprint density at radius 3 is 2.56 bits per heavy atom. The summed E-state index contributed by atoms with van der Waals surface area (Å²) >= 11 is 0. The van der Waals surface area contributed by atoms with Crippen molar-refractivity contribution in [3.05, 3.63) is 78.4 Å². The fraction of sp³-hybridized carbons (Fsp3) is 0.387. The van der Waals surface area contributed by atoms with Crippen molar-refractivity contribution in [3.63, 3.8) is 0 Å². The first-order valence-corrected chi connectivity index (χ1v) is 13.6. The van der Waals surface area contributed by atoms with E-state index < -0.39 is 6.10 Å². The van der Waals surface area contributed by atoms with Gasteiger partial charge in [-0.2, -0.15) is 0 Å². The van der Waals surface area contributed by atoms with Gasteiger partial charge in [-0.15, -0.1) is 0 Å². The lowest BCUT2D eigenvalue weighted by Gasteiger charge is -2.44. The Bertz CT molecular complexity index is 1270. The van der Waals surface area contributed by atoms with Gasteiger partial charge in [-0.3, -0.25) is 9.69 Å². The second-order valence-electron chi connectivity index (χ2n) is 10.4. The van der Waals surface area contributed by atoms with Gasteiger partial charge >= 0.3 is 0 Å². The number of benzene rings is 3. The zero-order valence-corrected chi connectivity index (χ0v) is 21.8. The van der Waals surface area contributed by atoms with Crippen LogP contribution in [-0.4, -0.2) is 66.8 Å². The van der Waals surface area contributed by atoms with Crippen molar-refractivity contribution in [3.8, 4) is 22.6 Å². The summed E-state index contributed by atoms with van der Waals surface area (Å²) in [5, 5.41) is 13.5. The van der Waals surface area contributed by atoms with E-state index in [4.69, 9.17) is 18.9 Å². The van der Waals surface area contributed by atoms with Gasteiger partial charge in [-0.1, -0.05) is 48.5 Å². The fourth-order valence-electron chi connectivity index (χ4n) is 5.70. The number of nitrogens with zero attached hydrogens (tertiary/aromatic N) is 1. The van der Waals surface area contributed by atoms with Crippen LogP contribution in [0.25, 0.3) is 11.1 Å². The summed E-state index contributed by atoms with van der Waals surface area (Å²) in [6, 6.07) is 24.1. The predicted molar refractivity (Wildman–Crippen MR) is 147 cm³/mol. The minimum Gasteiger partial charge on any atom is -0.454 e. The number of β-amino-alcohol motifs (C(OH)–C–C–N with tert-alkyl or cyclic N) is 1. The van der Waals surface area contributed by atoms with E-state index in [9.17, 15) is 9.90 Å². The maximum Gasteiger partial charge on any atom is 0.231 e. The minimum absolute atomic E-state index is 0.0645. The van der Waals surface area contributed by atoms with E-state index >= 15 is 0 Å². The summed E-state index contributed by atoms with van der Waals surface area (Å²) < 4.78 is 23.2. The van der Waals surface area contributed by atoms with Gasteiger partial charge in [0.2, 0.25) is 12.7 Å². The van der Waals surface area contributed by atoms with Crippen molar-refractivity contribution in [2.45, 2.75) is 50.2 Å². The third kappa shape index (κ3) is 6.25. The van der Waals surface area contributed by atoms with Gasteiger partial charge in [0.25, 0.3) is 0 Å². The van der Waals surface area contributed by atoms with Crippen LogP contribution in [0.1, 0.15) is 24.8 Å². The molecule has 1 amide bonds. The summed E-state index contributed by atoms with van der Waals surface area (Å²) in [5.74, 6) is 1.44. The molecule has 6 rings (SSSR count). The van der Waals surface area contributed by atoms with Crippen molar-refractivity contribution in [1.29, 1.82) is 0 Å². The van der Waals surface area contributed by atoms with E-state index in [-0.39, 0.29) is 44.0 Å². The monoisotopic (exact) mass is 530 g/mol. The van der Waals surface area contributed by atoms with Crippen LogP contribution in [0.4, 0.5) is 5.69 Å². The number of hydrogen-bond acceptors (Lipinski definition) is 7. The zero-order valence-electron chi connectivity index (χ0n) is 21.8. The number of ether oxygens (including phenoxy) is 4. The Labute approximate surface area is 228 Å². The summed E-state index contributed by atoms with van der Waals surface area (Å²) in [7, 11) is 0. The third-order valence-corrected chi connectivity index (χ3v) is 7.60. The molecule has 204 valence electrons. The standard InChI is InChI=1S/C31H34N2O6/c34-25-17-33(16-21-6-13-28-29(14-21)38-20-37-28)27-12-11-26(39-30(27)19-36-18-25)15-31(35)32-24-9-7-23(8-10-24)22-4-2-1-3-5-22/h1-10,13-14,25-27,30,34H,11-12,15-20H2,(H,32,35)/t25-,26-,27+,30-/m1/s1. The average Bonchev–Trinajstić information content (AvgIpc) is 3.41. The normalized spacial score (nSPS) is 24.8. The Morgan fingerprint density at radius 2 is 1.72 bits per heavy atom. The summed E-state index contributed by atoms with van der Waals surface area (Å²) in [4.78, 5) is 15.1. The van der Waals surface area contributed by atoms with Crippen LogP contribution in [0.15, 0.2) is 72.8 Å². The molecule has 0 unspecified atom stereocenters. The molecule has 2 N–H and O–H groups in total. The van der Waals surface area contributed by atoms with E-state index in [1.54, 1.807) is 0 Å². The number of amides is 1. The molecule has 0 bridgehead atoms. The highest BCUT2D eigenvalue weighted by molar-refractivity contribution is 5.91. The van der Waals surface area contributed by atoms with Crippen LogP contribution in [0.2, 0.25) is 0 Å². The Morgan fingerprint density at radius 1 is 0.923 bits per heavy atom. The molecule has 0 radical (unpaired) electrons. The molecule has 3 aromatic rings. The van der Waals surface area contributed by atoms with Gasteiger partial charge in [0.15, 0.2) is 11.5 Å². The minimum atomic E-state index is -0.572. The molecule has 4 atom stereocenters. The average molecular weight is 531 g/mol. The van der Waals surface area contributed by atoms with E-state index in [0.717, 1.165) is 46.7 Å². The third-order valence-electron chi connectivity index (χ3n) is 7.60. The summed E-state index contributed by atoms with van der Waals surface area (Å²) in [5.41, 5.74) is 4.11. The molecule has 0 aliphatic carbocycles. The maximum atomic E-state index is 12.9. The highest BCUT2D eigenvalue weighted by Gasteiger charge is 2.38. The number of carbonyl (C=O) groups is 1. The molecule has 2 saturated heterocycles. The van der Waals surface area contributed by atoms with Gasteiger partial charge in [0, 0.05) is 24.8 Å². The molecule has 39 heavy (non-hydrogen) atoms. The molecule has 0 spiro atoms. The Kier molecular flexibility index (Phi) is 7.78. The van der Waals surface area contributed by atoms with Crippen LogP contribution < -0.4 is 14.8 Å². The van der Waals surface area contributed by atoms with Gasteiger partial charge < -0.3 is 29.4 Å². The van der Waals surface area contributed by atoms with Crippen molar-refractivity contribution >= 4 is 11.6 Å². The quantitative estimate of drug-likeness (QED) is 0.493. The Balaban J connectivity index is 1.06. The molecular weight excluding hydrogens is 496 g/mol. The topological polar surface area (TPSA) is 89.5 Å². The van der Waals surface area contributed by atoms with E-state index in [2.05, 4.69) is 22.3 Å². The molecule has 3 aliphatic heterocycles. The molecule has 3 aliphatic rings. The van der Waals surface area contributed by atoms with Gasteiger partial charge in [0.1, 0.15) is 0 Å². The first kappa shape index (κ1) is 25.8. The predicted octanol–water partition coefficient (Wildman–Crippen LogP) is 4.22. The lowest BCUT2D eigenvalue weighted by molar-refractivity contribution is -0.156. The number of anilines is 1. The molecule has 8 nitrogen and oxygen atoms in total. The maximum absolute atomic E-state index is 12.9. The van der Waals surface area contributed by atoms with Crippen molar-refractivity contribution in [1.82, 2.24) is 4.90 Å². The first-order chi connectivity index (χ1) is 19.1. The van der Waals surface area contributed by atoms with Gasteiger partial charge in [-0.25, -0.2) is 0 Å². The number of aliphatic hydroxyl groups excluding tert-OH is 1. The smallest absolute Gasteiger partial charge is 0.231 e. The number of carbonyl (C=O) groups excluding carboxylic acids is 1. The summed E-state index contributed by atoms with van der Waals surface area (Å²) in [6.45, 7) is 2.03. The second kappa shape index (κ2) is 11.8. The second-order valence-corrected chi connectivity index (χ2v) is 10.4. The van der Waals surface area contributed by atoms with E-state index in [0.29, 0.717) is 19.7 Å². The lowest BCUT2D eigenvalue weighted by atomic mass is 9.94. The number of fused-ring (bicyclic) bond motifs is 2. The van der Waals surface area contributed by atoms with Gasteiger partial charge in [-0.05, 0) is 53.8 Å². The molecule has 3 aromatic carbocycles. The lowest BCUT2D eigenvalue weighted by Crippen LogP contribution is -2.55. The number of rotatable bonds is 6. The first-order valence-electron chi connectivity index (χ1n) is 13.6. The number of aliphatic hydroxyl groups is 1. The molecule has 8 heteroatoms. The summed E-state index contributed by atoms with van der Waals surface area (Å²) in [6.07, 6.45) is 0.966. The van der Waals surface area contributed by atoms with Crippen LogP contribution in [0, 0.1) is 0 Å². The number of nitrogens with one attached hydrogen (secondary N) is 1. The molecule has 0 saturated carbocycles. The van der Waals surface area contributed by atoms with Crippen LogP contribution in [0.5, 0.6) is 11.5 Å². The van der Waals surface area contributed by atoms with Crippen molar-refractivity contribution in [2.75, 3.05) is 31.9 Å². The highest BCUT2D eigenvalue weighted by atomic mass is 16.7. The Hall–Kier alpha value is -3.43. The van der Waals surface area contributed by atoms with Crippen molar-refractivity contribution < 1.29 is 28.8 Å². The fourth-order valence-corrected chi connectivity index (χ4v) is 5.70. The SMILES string of the molecule is O=C(C[C@H]1CC[C@H]2[C@@H](COC[C@H](O)CN2Cc2ccc3c(c2)OCO3)O1)Nc1ccc(-c2ccccc2)cc1. The van der Waals surface area contributed by atoms with Crippen LogP contribution >= 0.6 is 0 Å². The highest BCUT2D eigenvalue weighted by Crippen LogP contribution is 2.34. The molecule has 2 fully saturated rings.